The van der Waals surface area contributed by atoms with Crippen LogP contribution in [0.2, 0.25) is 0 Å². The van der Waals surface area contributed by atoms with E-state index in [0.29, 0.717) is 6.42 Å². The van der Waals surface area contributed by atoms with E-state index in [1.807, 2.05) is 0 Å². The van der Waals surface area contributed by atoms with E-state index in [1.54, 1.807) is 0 Å². The number of carbonyl (C=O) groups is 1. The predicted molar refractivity (Wildman–Crippen MR) is 132 cm³/mol. The summed E-state index contributed by atoms with van der Waals surface area (Å²) in [6.45, 7) is 2.20. The lowest BCUT2D eigenvalue weighted by molar-refractivity contribution is -0.137. The van der Waals surface area contributed by atoms with Crippen LogP contribution in [0.4, 0.5) is 0 Å². The van der Waals surface area contributed by atoms with Crippen LogP contribution in [-0.2, 0) is 4.79 Å². The highest BCUT2D eigenvalue weighted by molar-refractivity contribution is 5.66. The van der Waals surface area contributed by atoms with Crippen molar-refractivity contribution in [1.82, 2.24) is 0 Å². The lowest BCUT2D eigenvalue weighted by Crippen LogP contribution is -2.13. The Morgan fingerprint density at radius 1 is 0.516 bits per heavy atom. The van der Waals surface area contributed by atoms with E-state index < -0.39 is 5.97 Å². The summed E-state index contributed by atoms with van der Waals surface area (Å²) < 4.78 is 0. The summed E-state index contributed by atoms with van der Waals surface area (Å²) >= 11 is 0. The summed E-state index contributed by atoms with van der Waals surface area (Å²) in [7, 11) is 0. The minimum atomic E-state index is -0.669. The first-order valence-electron chi connectivity index (χ1n) is 13.6. The molecule has 0 aliphatic rings. The van der Waals surface area contributed by atoms with Crippen LogP contribution in [-0.4, -0.2) is 33.5 Å². The summed E-state index contributed by atoms with van der Waals surface area (Å²) in [5.41, 5.74) is 0. The standard InChI is InChI=1S/C27H54O4/c1-2-3-4-17-20-25(28)23-24-26(29)21-18-15-13-11-9-7-5-6-8-10-12-14-16-19-22-27(30)31/h25-26,28-29H,2-24H2,1H3,(H,30,31). The minimum Gasteiger partial charge on any atom is -0.481 e. The summed E-state index contributed by atoms with van der Waals surface area (Å²) in [5.74, 6) is -0.669. The van der Waals surface area contributed by atoms with E-state index in [4.69, 9.17) is 5.11 Å². The zero-order chi connectivity index (χ0) is 23.0. The molecule has 0 bridgehead atoms. The molecule has 0 heterocycles. The molecule has 0 amide bonds. The molecule has 0 spiro atoms. The molecule has 0 aliphatic heterocycles. The molecule has 4 heteroatoms. The van der Waals surface area contributed by atoms with Crippen molar-refractivity contribution in [3.63, 3.8) is 0 Å². The molecule has 0 rings (SSSR count). The van der Waals surface area contributed by atoms with Gasteiger partial charge >= 0.3 is 5.97 Å². The van der Waals surface area contributed by atoms with Gasteiger partial charge in [-0.2, -0.15) is 0 Å². The van der Waals surface area contributed by atoms with Gasteiger partial charge in [0.1, 0.15) is 0 Å². The summed E-state index contributed by atoms with van der Waals surface area (Å²) in [6.07, 6.45) is 25.2. The Hall–Kier alpha value is -0.610. The predicted octanol–water partition coefficient (Wildman–Crippen LogP) is 7.79. The number of hydrogen-bond acceptors (Lipinski definition) is 3. The highest BCUT2D eigenvalue weighted by Gasteiger charge is 2.09. The molecule has 0 aromatic rings. The maximum Gasteiger partial charge on any atom is 0.303 e. The molecule has 0 saturated carbocycles. The minimum absolute atomic E-state index is 0.227. The number of aliphatic hydroxyl groups is 2. The van der Waals surface area contributed by atoms with Crippen LogP contribution in [0.15, 0.2) is 0 Å². The number of carboxylic acids is 1. The number of unbranched alkanes of at least 4 members (excludes halogenated alkanes) is 16. The van der Waals surface area contributed by atoms with E-state index >= 15 is 0 Å². The van der Waals surface area contributed by atoms with Crippen LogP contribution in [0.5, 0.6) is 0 Å². The van der Waals surface area contributed by atoms with Crippen molar-refractivity contribution >= 4 is 5.97 Å². The third kappa shape index (κ3) is 25.5. The lowest BCUT2D eigenvalue weighted by atomic mass is 10.00. The van der Waals surface area contributed by atoms with Gasteiger partial charge in [-0.25, -0.2) is 0 Å². The number of carboxylic acid groups (broad SMARTS) is 1. The quantitative estimate of drug-likeness (QED) is 0.126. The summed E-state index contributed by atoms with van der Waals surface area (Å²) in [5, 5.41) is 28.7. The molecule has 186 valence electrons. The van der Waals surface area contributed by atoms with Crippen molar-refractivity contribution in [2.75, 3.05) is 0 Å². The third-order valence-corrected chi connectivity index (χ3v) is 6.40. The Morgan fingerprint density at radius 2 is 0.839 bits per heavy atom. The third-order valence-electron chi connectivity index (χ3n) is 6.40. The number of aliphatic carboxylic acids is 1. The van der Waals surface area contributed by atoms with Crippen LogP contribution in [0.25, 0.3) is 0 Å². The largest absolute Gasteiger partial charge is 0.481 e. The molecule has 4 nitrogen and oxygen atoms in total. The molecule has 31 heavy (non-hydrogen) atoms. The Bertz CT molecular complexity index is 372. The molecule has 0 radical (unpaired) electrons. The zero-order valence-corrected chi connectivity index (χ0v) is 20.7. The summed E-state index contributed by atoms with van der Waals surface area (Å²) in [4.78, 5) is 10.4. The van der Waals surface area contributed by atoms with Crippen molar-refractivity contribution in [2.24, 2.45) is 0 Å². The van der Waals surface area contributed by atoms with Gasteiger partial charge in [0.15, 0.2) is 0 Å². The van der Waals surface area contributed by atoms with Gasteiger partial charge in [0, 0.05) is 6.42 Å². The van der Waals surface area contributed by atoms with Crippen molar-refractivity contribution in [2.45, 2.75) is 167 Å². The maximum atomic E-state index is 10.4. The number of hydrogen-bond donors (Lipinski definition) is 3. The number of rotatable bonds is 25. The van der Waals surface area contributed by atoms with E-state index in [2.05, 4.69) is 6.92 Å². The first-order chi connectivity index (χ1) is 15.1. The van der Waals surface area contributed by atoms with E-state index in [9.17, 15) is 15.0 Å². The van der Waals surface area contributed by atoms with Gasteiger partial charge in [0.05, 0.1) is 12.2 Å². The van der Waals surface area contributed by atoms with E-state index in [-0.39, 0.29) is 12.2 Å². The molecule has 0 saturated heterocycles. The first kappa shape index (κ1) is 30.4. The smallest absolute Gasteiger partial charge is 0.303 e. The average Bonchev–Trinajstić information content (AvgIpc) is 2.74. The molecular formula is C27H54O4. The lowest BCUT2D eigenvalue weighted by Gasteiger charge is -2.14. The van der Waals surface area contributed by atoms with Gasteiger partial charge in [0.2, 0.25) is 0 Å². The Morgan fingerprint density at radius 3 is 1.19 bits per heavy atom. The molecular weight excluding hydrogens is 388 g/mol. The van der Waals surface area contributed by atoms with Gasteiger partial charge in [0.25, 0.3) is 0 Å². The molecule has 0 aromatic heterocycles. The van der Waals surface area contributed by atoms with Crippen LogP contribution in [0, 0.1) is 0 Å². The van der Waals surface area contributed by atoms with Gasteiger partial charge in [-0.1, -0.05) is 116 Å². The van der Waals surface area contributed by atoms with Crippen LogP contribution < -0.4 is 0 Å². The van der Waals surface area contributed by atoms with Crippen molar-refractivity contribution in [1.29, 1.82) is 0 Å². The Kier molecular flexibility index (Phi) is 23.6. The Balaban J connectivity index is 3.22. The molecule has 0 aliphatic carbocycles. The van der Waals surface area contributed by atoms with Gasteiger partial charge in [-0.05, 0) is 32.1 Å². The fourth-order valence-corrected chi connectivity index (χ4v) is 4.26. The molecule has 2 atom stereocenters. The highest BCUT2D eigenvalue weighted by Crippen LogP contribution is 2.16. The van der Waals surface area contributed by atoms with Crippen molar-refractivity contribution in [3.8, 4) is 0 Å². The van der Waals surface area contributed by atoms with E-state index in [1.165, 1.54) is 89.9 Å². The Labute approximate surface area is 193 Å². The van der Waals surface area contributed by atoms with Crippen LogP contribution >= 0.6 is 0 Å². The summed E-state index contributed by atoms with van der Waals surface area (Å²) in [6, 6.07) is 0. The van der Waals surface area contributed by atoms with Gasteiger partial charge in [-0.3, -0.25) is 4.79 Å². The maximum absolute atomic E-state index is 10.4. The van der Waals surface area contributed by atoms with Crippen LogP contribution in [0.3, 0.4) is 0 Å². The second-order valence-corrected chi connectivity index (χ2v) is 9.62. The fraction of sp³-hybridized carbons (Fsp3) is 0.963. The second-order valence-electron chi connectivity index (χ2n) is 9.62. The molecule has 0 aromatic carbocycles. The second kappa shape index (κ2) is 24.0. The SMILES string of the molecule is CCCCCCC(O)CCC(O)CCCCCCCCCCCCCCCCC(=O)O. The zero-order valence-electron chi connectivity index (χ0n) is 20.7. The van der Waals surface area contributed by atoms with Gasteiger partial charge < -0.3 is 15.3 Å². The van der Waals surface area contributed by atoms with Crippen LogP contribution in [0.1, 0.15) is 155 Å². The monoisotopic (exact) mass is 442 g/mol. The van der Waals surface area contributed by atoms with Crippen molar-refractivity contribution < 1.29 is 20.1 Å². The highest BCUT2D eigenvalue weighted by atomic mass is 16.4. The number of aliphatic hydroxyl groups excluding tert-OH is 2. The van der Waals surface area contributed by atoms with Gasteiger partial charge in [-0.15, -0.1) is 0 Å². The van der Waals surface area contributed by atoms with Crippen molar-refractivity contribution in [3.05, 3.63) is 0 Å². The average molecular weight is 443 g/mol. The normalized spacial score (nSPS) is 13.4. The fourth-order valence-electron chi connectivity index (χ4n) is 4.26. The molecule has 0 fully saturated rings. The van der Waals surface area contributed by atoms with E-state index in [0.717, 1.165) is 51.4 Å². The molecule has 3 N–H and O–H groups in total. The first-order valence-corrected chi connectivity index (χ1v) is 13.6. The molecule has 2 unspecified atom stereocenters. The topological polar surface area (TPSA) is 77.8 Å².